The highest BCUT2D eigenvalue weighted by Gasteiger charge is 2.31. The fraction of sp³-hybridized carbons (Fsp3) is 0.200. The zero-order chi connectivity index (χ0) is 16.6. The van der Waals surface area contributed by atoms with Crippen molar-refractivity contribution in [2.24, 2.45) is 0 Å². The molecule has 23 heavy (non-hydrogen) atoms. The van der Waals surface area contributed by atoms with Crippen LogP contribution < -0.4 is 0 Å². The first kappa shape index (κ1) is 16.6. The number of pyridine rings is 2. The SMILES string of the molecule is CCSc1cc(I)cnc1-n1ccc2ncc(C(F)(F)F)cc21. The monoisotopic (exact) mass is 449 g/mol. The highest BCUT2D eigenvalue weighted by molar-refractivity contribution is 14.1. The average Bonchev–Trinajstić information content (AvgIpc) is 2.90. The van der Waals surface area contributed by atoms with Crippen LogP contribution in [0.1, 0.15) is 12.5 Å². The molecule has 0 unspecified atom stereocenters. The Labute approximate surface area is 148 Å². The molecule has 3 rings (SSSR count). The Morgan fingerprint density at radius 3 is 2.70 bits per heavy atom. The molecule has 0 saturated carbocycles. The van der Waals surface area contributed by atoms with E-state index in [4.69, 9.17) is 0 Å². The molecule has 120 valence electrons. The third-order valence-corrected chi connectivity index (χ3v) is 4.68. The molecule has 0 fully saturated rings. The van der Waals surface area contributed by atoms with Crippen molar-refractivity contribution in [1.82, 2.24) is 14.5 Å². The summed E-state index contributed by atoms with van der Waals surface area (Å²) in [6.07, 6.45) is -0.165. The third kappa shape index (κ3) is 3.32. The zero-order valence-electron chi connectivity index (χ0n) is 11.9. The summed E-state index contributed by atoms with van der Waals surface area (Å²) in [5.74, 6) is 1.47. The van der Waals surface area contributed by atoms with Gasteiger partial charge in [0.25, 0.3) is 0 Å². The van der Waals surface area contributed by atoms with Gasteiger partial charge < -0.3 is 0 Å². The lowest BCUT2D eigenvalue weighted by atomic mass is 10.2. The van der Waals surface area contributed by atoms with Crippen LogP contribution in [0.15, 0.2) is 41.7 Å². The maximum atomic E-state index is 12.9. The fourth-order valence-corrected chi connectivity index (χ4v) is 3.67. The van der Waals surface area contributed by atoms with E-state index < -0.39 is 11.7 Å². The Kier molecular flexibility index (Phi) is 4.54. The number of thioether (sulfide) groups is 1. The van der Waals surface area contributed by atoms with Gasteiger partial charge in [-0.25, -0.2) is 4.98 Å². The van der Waals surface area contributed by atoms with Crippen LogP contribution in [0, 0.1) is 3.57 Å². The van der Waals surface area contributed by atoms with Gasteiger partial charge in [0.15, 0.2) is 5.82 Å². The van der Waals surface area contributed by atoms with Gasteiger partial charge >= 0.3 is 6.18 Å². The molecule has 0 aliphatic rings. The van der Waals surface area contributed by atoms with Crippen LogP contribution in [-0.4, -0.2) is 20.3 Å². The molecule has 0 aliphatic carbocycles. The number of hydrogen-bond donors (Lipinski definition) is 0. The molecular weight excluding hydrogens is 438 g/mol. The summed E-state index contributed by atoms with van der Waals surface area (Å²) in [6.45, 7) is 2.02. The maximum absolute atomic E-state index is 12.9. The molecule has 0 aromatic carbocycles. The van der Waals surface area contributed by atoms with Crippen molar-refractivity contribution < 1.29 is 13.2 Å². The number of aromatic nitrogens is 3. The van der Waals surface area contributed by atoms with Crippen LogP contribution in [0.4, 0.5) is 13.2 Å². The van der Waals surface area contributed by atoms with E-state index in [-0.39, 0.29) is 0 Å². The van der Waals surface area contributed by atoms with Gasteiger partial charge in [0.2, 0.25) is 0 Å². The summed E-state index contributed by atoms with van der Waals surface area (Å²) in [4.78, 5) is 9.24. The van der Waals surface area contributed by atoms with Gasteiger partial charge in [-0.2, -0.15) is 13.2 Å². The lowest BCUT2D eigenvalue weighted by molar-refractivity contribution is -0.137. The van der Waals surface area contributed by atoms with Gasteiger partial charge in [-0.05, 0) is 46.5 Å². The van der Waals surface area contributed by atoms with Crippen LogP contribution in [0.25, 0.3) is 16.9 Å². The molecule has 0 saturated heterocycles. The van der Waals surface area contributed by atoms with E-state index in [1.165, 1.54) is 0 Å². The first-order valence-corrected chi connectivity index (χ1v) is 8.79. The van der Waals surface area contributed by atoms with E-state index >= 15 is 0 Å². The van der Waals surface area contributed by atoms with Crippen molar-refractivity contribution in [3.63, 3.8) is 0 Å². The number of halogens is 4. The normalized spacial score (nSPS) is 12.0. The second kappa shape index (κ2) is 6.31. The predicted octanol–water partition coefficient (Wildman–Crippen LogP) is 5.16. The molecule has 3 nitrogen and oxygen atoms in total. The number of hydrogen-bond acceptors (Lipinski definition) is 3. The van der Waals surface area contributed by atoms with E-state index in [2.05, 4.69) is 32.6 Å². The van der Waals surface area contributed by atoms with Crippen molar-refractivity contribution in [1.29, 1.82) is 0 Å². The minimum absolute atomic E-state index is 0.395. The summed E-state index contributed by atoms with van der Waals surface area (Å²) in [6, 6.07) is 4.78. The Bertz CT molecular complexity index is 861. The number of alkyl halides is 3. The van der Waals surface area contributed by atoms with Crippen molar-refractivity contribution in [3.05, 3.63) is 45.9 Å². The van der Waals surface area contributed by atoms with Gasteiger partial charge in [-0.3, -0.25) is 9.55 Å². The van der Waals surface area contributed by atoms with Gasteiger partial charge in [0, 0.05) is 22.2 Å². The maximum Gasteiger partial charge on any atom is 0.417 e. The number of nitrogens with zero attached hydrogens (tertiary/aromatic N) is 3. The Morgan fingerprint density at radius 2 is 2.00 bits per heavy atom. The molecule has 0 radical (unpaired) electrons. The Morgan fingerprint density at radius 1 is 1.22 bits per heavy atom. The summed E-state index contributed by atoms with van der Waals surface area (Å²) >= 11 is 3.77. The minimum Gasteiger partial charge on any atom is -0.299 e. The van der Waals surface area contributed by atoms with Gasteiger partial charge in [0.05, 0.1) is 21.5 Å². The van der Waals surface area contributed by atoms with Gasteiger partial charge in [-0.15, -0.1) is 11.8 Å². The molecule has 3 aromatic rings. The summed E-state index contributed by atoms with van der Waals surface area (Å²) in [5.41, 5.74) is 0.137. The molecule has 0 amide bonds. The van der Waals surface area contributed by atoms with Gasteiger partial charge in [-0.1, -0.05) is 6.92 Å². The molecule has 3 aromatic heterocycles. The summed E-state index contributed by atoms with van der Waals surface area (Å²) in [5, 5.41) is 0. The lowest BCUT2D eigenvalue weighted by Gasteiger charge is -2.11. The first-order chi connectivity index (χ1) is 10.9. The summed E-state index contributed by atoms with van der Waals surface area (Å²) in [7, 11) is 0. The molecule has 8 heteroatoms. The fourth-order valence-electron chi connectivity index (χ4n) is 2.21. The standard InChI is InChI=1S/C15H11F3IN3S/c1-2-23-13-6-10(19)8-21-14(13)22-4-3-11-12(22)5-9(7-20-11)15(16,17)18/h3-8H,2H2,1H3. The van der Waals surface area contributed by atoms with Gasteiger partial charge in [0.1, 0.15) is 0 Å². The Hall–Kier alpha value is -1.29. The zero-order valence-corrected chi connectivity index (χ0v) is 14.9. The first-order valence-electron chi connectivity index (χ1n) is 6.73. The average molecular weight is 449 g/mol. The molecule has 0 aliphatic heterocycles. The van der Waals surface area contributed by atoms with E-state index in [1.807, 2.05) is 13.0 Å². The van der Waals surface area contributed by atoms with Crippen LogP contribution in [0.2, 0.25) is 0 Å². The largest absolute Gasteiger partial charge is 0.417 e. The molecular formula is C15H11F3IN3S. The topological polar surface area (TPSA) is 30.7 Å². The van der Waals surface area contributed by atoms with E-state index in [0.717, 1.165) is 26.5 Å². The summed E-state index contributed by atoms with van der Waals surface area (Å²) < 4.78 is 41.5. The van der Waals surface area contributed by atoms with E-state index in [0.29, 0.717) is 16.9 Å². The Balaban J connectivity index is 2.21. The van der Waals surface area contributed by atoms with Crippen LogP contribution in [-0.2, 0) is 6.18 Å². The van der Waals surface area contributed by atoms with Crippen LogP contribution in [0.3, 0.4) is 0 Å². The van der Waals surface area contributed by atoms with Crippen molar-refractivity contribution in [2.45, 2.75) is 18.0 Å². The molecule has 0 bridgehead atoms. The highest BCUT2D eigenvalue weighted by atomic mass is 127. The predicted molar refractivity (Wildman–Crippen MR) is 93.0 cm³/mol. The van der Waals surface area contributed by atoms with E-state index in [9.17, 15) is 13.2 Å². The van der Waals surface area contributed by atoms with Crippen LogP contribution in [0.5, 0.6) is 0 Å². The van der Waals surface area contributed by atoms with E-state index in [1.54, 1.807) is 34.8 Å². The third-order valence-electron chi connectivity index (χ3n) is 3.19. The smallest absolute Gasteiger partial charge is 0.299 e. The highest BCUT2D eigenvalue weighted by Crippen LogP contribution is 2.33. The second-order valence-electron chi connectivity index (χ2n) is 4.72. The molecule has 0 spiro atoms. The quantitative estimate of drug-likeness (QED) is 0.409. The number of fused-ring (bicyclic) bond motifs is 1. The minimum atomic E-state index is -4.42. The van der Waals surface area contributed by atoms with Crippen LogP contribution >= 0.6 is 34.4 Å². The second-order valence-corrected chi connectivity index (χ2v) is 7.27. The molecule has 0 N–H and O–H groups in total. The lowest BCUT2D eigenvalue weighted by Crippen LogP contribution is -2.06. The van der Waals surface area contributed by atoms with Crippen molar-refractivity contribution >= 4 is 45.4 Å². The number of rotatable bonds is 3. The van der Waals surface area contributed by atoms with Crippen molar-refractivity contribution in [3.8, 4) is 5.82 Å². The molecule has 0 atom stereocenters. The molecule has 3 heterocycles. The van der Waals surface area contributed by atoms with Crippen molar-refractivity contribution in [2.75, 3.05) is 5.75 Å².